The van der Waals surface area contributed by atoms with E-state index in [2.05, 4.69) is 5.32 Å². The first-order chi connectivity index (χ1) is 15.8. The van der Waals surface area contributed by atoms with Gasteiger partial charge in [0.2, 0.25) is 0 Å². The molecule has 2 N–H and O–H groups in total. The Hall–Kier alpha value is -3.55. The van der Waals surface area contributed by atoms with Crippen molar-refractivity contribution in [2.75, 3.05) is 0 Å². The van der Waals surface area contributed by atoms with Crippen molar-refractivity contribution in [3.8, 4) is 5.75 Å². The van der Waals surface area contributed by atoms with Gasteiger partial charge < -0.3 is 15.2 Å². The summed E-state index contributed by atoms with van der Waals surface area (Å²) >= 11 is 0. The summed E-state index contributed by atoms with van der Waals surface area (Å²) in [5.74, 6) is -1.52. The van der Waals surface area contributed by atoms with E-state index in [1.807, 2.05) is 32.9 Å². The van der Waals surface area contributed by atoms with Crippen molar-refractivity contribution < 1.29 is 32.6 Å². The predicted octanol–water partition coefficient (Wildman–Crippen LogP) is 6.06. The molecule has 0 aliphatic carbocycles. The number of fused-ring (bicyclic) bond motifs is 1. The molecule has 180 valence electrons. The molecule has 34 heavy (non-hydrogen) atoms. The Balaban J connectivity index is 1.91. The first kappa shape index (κ1) is 25.1. The number of ether oxygens (including phenoxy) is 1. The van der Waals surface area contributed by atoms with Crippen molar-refractivity contribution in [1.82, 2.24) is 5.32 Å². The standard InChI is InChI=1S/C26H26F3NO4/c1-25(2,3)14-21(24(32)33)30-23(31)20-13-10-17-6-4-5-7-19(17)22(20)34-15-16-8-11-18(12-9-16)26(27,28)29/h4-13,21H,14-15H2,1-3H3,(H,30,31)(H,32,33)/t21-/m0/s1. The van der Waals surface area contributed by atoms with E-state index >= 15 is 0 Å². The normalized spacial score (nSPS) is 12.9. The molecule has 0 unspecified atom stereocenters. The van der Waals surface area contributed by atoms with Crippen molar-refractivity contribution in [3.05, 3.63) is 77.4 Å². The third kappa shape index (κ3) is 6.27. The Kier molecular flexibility index (Phi) is 7.19. The summed E-state index contributed by atoms with van der Waals surface area (Å²) in [4.78, 5) is 24.8. The number of benzene rings is 3. The highest BCUT2D eigenvalue weighted by Crippen LogP contribution is 2.32. The van der Waals surface area contributed by atoms with Crippen LogP contribution in [0.15, 0.2) is 60.7 Å². The van der Waals surface area contributed by atoms with Crippen LogP contribution in [-0.2, 0) is 17.6 Å². The number of carboxylic acids is 1. The molecule has 0 radical (unpaired) electrons. The fraction of sp³-hybridized carbons (Fsp3) is 0.308. The lowest BCUT2D eigenvalue weighted by Crippen LogP contribution is -2.43. The second-order valence-electron chi connectivity index (χ2n) is 9.28. The molecule has 0 bridgehead atoms. The Morgan fingerprint density at radius 2 is 1.62 bits per heavy atom. The molecule has 0 heterocycles. The molecule has 0 fully saturated rings. The molecule has 8 heteroatoms. The van der Waals surface area contributed by atoms with Gasteiger partial charge in [-0.1, -0.05) is 63.2 Å². The molecule has 0 spiro atoms. The van der Waals surface area contributed by atoms with Gasteiger partial charge in [0.05, 0.1) is 11.1 Å². The van der Waals surface area contributed by atoms with Crippen molar-refractivity contribution in [2.45, 2.75) is 46.0 Å². The summed E-state index contributed by atoms with van der Waals surface area (Å²) in [5, 5.41) is 13.6. The monoisotopic (exact) mass is 473 g/mol. The molecular weight excluding hydrogens is 447 g/mol. The number of rotatable bonds is 7. The van der Waals surface area contributed by atoms with Crippen LogP contribution >= 0.6 is 0 Å². The van der Waals surface area contributed by atoms with E-state index in [9.17, 15) is 27.9 Å². The zero-order valence-electron chi connectivity index (χ0n) is 19.1. The van der Waals surface area contributed by atoms with Crippen LogP contribution in [0.2, 0.25) is 0 Å². The van der Waals surface area contributed by atoms with E-state index in [1.54, 1.807) is 24.3 Å². The summed E-state index contributed by atoms with van der Waals surface area (Å²) < 4.78 is 44.4. The molecule has 5 nitrogen and oxygen atoms in total. The van der Waals surface area contributed by atoms with E-state index in [1.165, 1.54) is 12.1 Å². The largest absolute Gasteiger partial charge is 0.487 e. The van der Waals surface area contributed by atoms with Crippen LogP contribution in [0, 0.1) is 5.41 Å². The average molecular weight is 473 g/mol. The third-order valence-corrected chi connectivity index (χ3v) is 5.21. The van der Waals surface area contributed by atoms with Gasteiger partial charge in [-0.05, 0) is 41.0 Å². The van der Waals surface area contributed by atoms with Gasteiger partial charge in [0, 0.05) is 5.39 Å². The van der Waals surface area contributed by atoms with Gasteiger partial charge in [-0.3, -0.25) is 4.79 Å². The van der Waals surface area contributed by atoms with Crippen LogP contribution in [0.4, 0.5) is 13.2 Å². The quantitative estimate of drug-likeness (QED) is 0.438. The fourth-order valence-corrected chi connectivity index (χ4v) is 3.57. The lowest BCUT2D eigenvalue weighted by atomic mass is 9.88. The molecule has 0 saturated heterocycles. The number of alkyl halides is 3. The molecule has 0 saturated carbocycles. The molecule has 3 aromatic carbocycles. The van der Waals surface area contributed by atoms with Crippen LogP contribution in [0.1, 0.15) is 48.7 Å². The van der Waals surface area contributed by atoms with Gasteiger partial charge in [0.25, 0.3) is 5.91 Å². The number of carbonyl (C=O) groups excluding carboxylic acids is 1. The van der Waals surface area contributed by atoms with Crippen LogP contribution in [0.3, 0.4) is 0 Å². The van der Waals surface area contributed by atoms with Crippen LogP contribution in [0.5, 0.6) is 5.75 Å². The Labute approximate surface area is 195 Å². The molecule has 3 aromatic rings. The Bertz CT molecular complexity index is 1180. The summed E-state index contributed by atoms with van der Waals surface area (Å²) in [6.07, 6.45) is -4.21. The van der Waals surface area contributed by atoms with Crippen molar-refractivity contribution in [2.24, 2.45) is 5.41 Å². The summed E-state index contributed by atoms with van der Waals surface area (Å²) in [5.41, 5.74) is -0.462. The zero-order valence-corrected chi connectivity index (χ0v) is 19.1. The minimum absolute atomic E-state index is 0.0726. The first-order valence-electron chi connectivity index (χ1n) is 10.7. The van der Waals surface area contributed by atoms with Gasteiger partial charge in [0.1, 0.15) is 18.4 Å². The maximum absolute atomic E-state index is 13.1. The summed E-state index contributed by atoms with van der Waals surface area (Å²) in [7, 11) is 0. The number of aliphatic carboxylic acids is 1. The molecule has 1 atom stereocenters. The number of nitrogens with one attached hydrogen (secondary N) is 1. The highest BCUT2D eigenvalue weighted by Gasteiger charge is 2.30. The van der Waals surface area contributed by atoms with Gasteiger partial charge >= 0.3 is 12.1 Å². The van der Waals surface area contributed by atoms with Gasteiger partial charge in [-0.2, -0.15) is 13.2 Å². The lowest BCUT2D eigenvalue weighted by molar-refractivity contribution is -0.140. The summed E-state index contributed by atoms with van der Waals surface area (Å²) in [6, 6.07) is 14.0. The number of hydrogen-bond acceptors (Lipinski definition) is 3. The minimum Gasteiger partial charge on any atom is -0.487 e. The number of amides is 1. The SMILES string of the molecule is CC(C)(C)C[C@H](NC(=O)c1ccc2ccccc2c1OCc1ccc(C(F)(F)F)cc1)C(=O)O. The van der Waals surface area contributed by atoms with Crippen molar-refractivity contribution in [3.63, 3.8) is 0 Å². The second-order valence-corrected chi connectivity index (χ2v) is 9.28. The molecule has 0 aliphatic heterocycles. The highest BCUT2D eigenvalue weighted by molar-refractivity contribution is 6.04. The molecular formula is C26H26F3NO4. The second kappa shape index (κ2) is 9.75. The van der Waals surface area contributed by atoms with E-state index in [0.717, 1.165) is 17.5 Å². The van der Waals surface area contributed by atoms with Gasteiger partial charge in [-0.25, -0.2) is 4.79 Å². The van der Waals surface area contributed by atoms with Crippen LogP contribution in [0.25, 0.3) is 10.8 Å². The van der Waals surface area contributed by atoms with E-state index in [4.69, 9.17) is 4.74 Å². The van der Waals surface area contributed by atoms with E-state index in [0.29, 0.717) is 10.9 Å². The zero-order chi connectivity index (χ0) is 25.1. The van der Waals surface area contributed by atoms with E-state index < -0.39 is 29.7 Å². The van der Waals surface area contributed by atoms with Gasteiger partial charge in [0.15, 0.2) is 0 Å². The first-order valence-corrected chi connectivity index (χ1v) is 10.7. The maximum atomic E-state index is 13.1. The topological polar surface area (TPSA) is 75.6 Å². The van der Waals surface area contributed by atoms with E-state index in [-0.39, 0.29) is 29.8 Å². The fourth-order valence-electron chi connectivity index (χ4n) is 3.57. The van der Waals surface area contributed by atoms with Gasteiger partial charge in [-0.15, -0.1) is 0 Å². The molecule has 0 aromatic heterocycles. The maximum Gasteiger partial charge on any atom is 0.416 e. The summed E-state index contributed by atoms with van der Waals surface area (Å²) in [6.45, 7) is 5.56. The number of hydrogen-bond donors (Lipinski definition) is 2. The number of carbonyl (C=O) groups is 2. The highest BCUT2D eigenvalue weighted by atomic mass is 19.4. The lowest BCUT2D eigenvalue weighted by Gasteiger charge is -2.24. The smallest absolute Gasteiger partial charge is 0.416 e. The van der Waals surface area contributed by atoms with Crippen molar-refractivity contribution >= 4 is 22.6 Å². The van der Waals surface area contributed by atoms with Crippen LogP contribution < -0.4 is 10.1 Å². The Morgan fingerprint density at radius 3 is 2.21 bits per heavy atom. The number of carboxylic acid groups (broad SMARTS) is 1. The molecule has 3 rings (SSSR count). The third-order valence-electron chi connectivity index (χ3n) is 5.21. The predicted molar refractivity (Wildman–Crippen MR) is 123 cm³/mol. The number of halogens is 3. The molecule has 1 amide bonds. The van der Waals surface area contributed by atoms with Crippen LogP contribution in [-0.4, -0.2) is 23.0 Å². The average Bonchev–Trinajstić information content (AvgIpc) is 2.75. The minimum atomic E-state index is -4.44. The molecule has 0 aliphatic rings. The Morgan fingerprint density at radius 1 is 0.971 bits per heavy atom. The van der Waals surface area contributed by atoms with Crippen molar-refractivity contribution in [1.29, 1.82) is 0 Å².